The summed E-state index contributed by atoms with van der Waals surface area (Å²) in [6.07, 6.45) is -0.417. The van der Waals surface area contributed by atoms with Crippen molar-refractivity contribution in [3.63, 3.8) is 0 Å². The zero-order valence-corrected chi connectivity index (χ0v) is 12.3. The molecule has 0 bridgehead atoms. The molecule has 0 saturated heterocycles. The van der Waals surface area contributed by atoms with Gasteiger partial charge < -0.3 is 10.0 Å². The highest BCUT2D eigenvalue weighted by molar-refractivity contribution is 5.63. The molecule has 0 saturated carbocycles. The van der Waals surface area contributed by atoms with E-state index in [-0.39, 0.29) is 0 Å². The monoisotopic (exact) mass is 269 g/mol. The molecule has 0 aliphatic carbocycles. The summed E-state index contributed by atoms with van der Waals surface area (Å²) in [6.45, 7) is 6.87. The first-order valence-electron chi connectivity index (χ1n) is 7.30. The lowest BCUT2D eigenvalue weighted by Crippen LogP contribution is -2.28. The molecule has 0 radical (unpaired) electrons. The van der Waals surface area contributed by atoms with Gasteiger partial charge in [-0.3, -0.25) is 0 Å². The molecule has 1 N–H and O–H groups in total. The molecule has 2 heteroatoms. The fraction of sp³-hybridized carbons (Fsp3) is 0.333. The highest BCUT2D eigenvalue weighted by atomic mass is 16.3. The number of hydrogen-bond donors (Lipinski definition) is 1. The standard InChI is InChI=1S/C18H23NO/c1-3-19(4-2)14-18(20)17-12-10-16(11-13-17)15-8-6-5-7-9-15/h5-13,18,20H,3-4,14H2,1-2H3/t18-/m1/s1. The second-order valence-electron chi connectivity index (χ2n) is 4.99. The summed E-state index contributed by atoms with van der Waals surface area (Å²) in [5.41, 5.74) is 3.37. The maximum Gasteiger partial charge on any atom is 0.0916 e. The average molecular weight is 269 g/mol. The molecule has 2 rings (SSSR count). The van der Waals surface area contributed by atoms with Crippen LogP contribution in [0.25, 0.3) is 11.1 Å². The van der Waals surface area contributed by atoms with Gasteiger partial charge in [0.2, 0.25) is 0 Å². The first kappa shape index (κ1) is 14.8. The molecule has 2 aromatic carbocycles. The Morgan fingerprint density at radius 2 is 1.40 bits per heavy atom. The van der Waals surface area contributed by atoms with E-state index < -0.39 is 6.10 Å². The largest absolute Gasteiger partial charge is 0.387 e. The fourth-order valence-corrected chi connectivity index (χ4v) is 2.36. The van der Waals surface area contributed by atoms with Crippen molar-refractivity contribution in [2.24, 2.45) is 0 Å². The molecular formula is C18H23NO. The smallest absolute Gasteiger partial charge is 0.0916 e. The van der Waals surface area contributed by atoms with Gasteiger partial charge in [0.1, 0.15) is 0 Å². The minimum Gasteiger partial charge on any atom is -0.387 e. The predicted octanol–water partition coefficient (Wildman–Crippen LogP) is 3.73. The maximum absolute atomic E-state index is 10.3. The van der Waals surface area contributed by atoms with Crippen LogP contribution in [-0.2, 0) is 0 Å². The number of hydrogen-bond acceptors (Lipinski definition) is 2. The van der Waals surface area contributed by atoms with Gasteiger partial charge in [0.25, 0.3) is 0 Å². The van der Waals surface area contributed by atoms with Crippen molar-refractivity contribution < 1.29 is 5.11 Å². The van der Waals surface area contributed by atoms with Gasteiger partial charge in [0.15, 0.2) is 0 Å². The number of likely N-dealkylation sites (N-methyl/N-ethyl adjacent to an activating group) is 1. The van der Waals surface area contributed by atoms with Gasteiger partial charge in [-0.05, 0) is 29.8 Å². The third-order valence-electron chi connectivity index (χ3n) is 3.73. The van der Waals surface area contributed by atoms with Crippen LogP contribution in [0.1, 0.15) is 25.5 Å². The Morgan fingerprint density at radius 3 is 1.95 bits per heavy atom. The normalized spacial score (nSPS) is 12.6. The Balaban J connectivity index is 2.08. The van der Waals surface area contributed by atoms with Gasteiger partial charge in [-0.2, -0.15) is 0 Å². The van der Waals surface area contributed by atoms with Crippen LogP contribution in [0.4, 0.5) is 0 Å². The maximum atomic E-state index is 10.3. The van der Waals surface area contributed by atoms with Gasteiger partial charge in [0, 0.05) is 6.54 Å². The Labute approximate surface area is 121 Å². The molecule has 0 unspecified atom stereocenters. The molecule has 106 valence electrons. The quantitative estimate of drug-likeness (QED) is 0.863. The molecule has 0 aromatic heterocycles. The Morgan fingerprint density at radius 1 is 0.850 bits per heavy atom. The van der Waals surface area contributed by atoms with Crippen molar-refractivity contribution in [3.8, 4) is 11.1 Å². The molecule has 0 heterocycles. The summed E-state index contributed by atoms with van der Waals surface area (Å²) in [5, 5.41) is 10.3. The Kier molecular flexibility index (Phi) is 5.33. The summed E-state index contributed by atoms with van der Waals surface area (Å²) in [4.78, 5) is 2.23. The molecule has 0 amide bonds. The first-order chi connectivity index (χ1) is 9.74. The van der Waals surface area contributed by atoms with E-state index in [1.165, 1.54) is 11.1 Å². The van der Waals surface area contributed by atoms with Crippen LogP contribution >= 0.6 is 0 Å². The number of nitrogens with zero attached hydrogens (tertiary/aromatic N) is 1. The van der Waals surface area contributed by atoms with E-state index >= 15 is 0 Å². The van der Waals surface area contributed by atoms with E-state index in [4.69, 9.17) is 0 Å². The average Bonchev–Trinajstić information content (AvgIpc) is 2.53. The number of aliphatic hydroxyl groups excluding tert-OH is 1. The lowest BCUT2D eigenvalue weighted by atomic mass is 10.0. The predicted molar refractivity (Wildman–Crippen MR) is 84.6 cm³/mol. The van der Waals surface area contributed by atoms with Crippen molar-refractivity contribution in [3.05, 3.63) is 60.2 Å². The highest BCUT2D eigenvalue weighted by Crippen LogP contribution is 2.22. The lowest BCUT2D eigenvalue weighted by molar-refractivity contribution is 0.119. The topological polar surface area (TPSA) is 23.5 Å². The first-order valence-corrected chi connectivity index (χ1v) is 7.30. The summed E-state index contributed by atoms with van der Waals surface area (Å²) in [5.74, 6) is 0. The van der Waals surface area contributed by atoms with Crippen LogP contribution in [0, 0.1) is 0 Å². The van der Waals surface area contributed by atoms with Gasteiger partial charge >= 0.3 is 0 Å². The zero-order valence-electron chi connectivity index (χ0n) is 12.3. The molecule has 0 aliphatic heterocycles. The molecular weight excluding hydrogens is 246 g/mol. The summed E-state index contributed by atoms with van der Waals surface area (Å²) < 4.78 is 0. The molecule has 20 heavy (non-hydrogen) atoms. The van der Waals surface area contributed by atoms with E-state index in [0.717, 1.165) is 18.7 Å². The van der Waals surface area contributed by atoms with Crippen molar-refractivity contribution >= 4 is 0 Å². The summed E-state index contributed by atoms with van der Waals surface area (Å²) in [7, 11) is 0. The van der Waals surface area contributed by atoms with Crippen molar-refractivity contribution in [1.29, 1.82) is 0 Å². The molecule has 0 aliphatic rings. The molecule has 2 aromatic rings. The van der Waals surface area contributed by atoms with Crippen LogP contribution in [0.3, 0.4) is 0 Å². The van der Waals surface area contributed by atoms with E-state index in [0.29, 0.717) is 6.54 Å². The second kappa shape index (κ2) is 7.22. The van der Waals surface area contributed by atoms with Crippen LogP contribution in [0.15, 0.2) is 54.6 Å². The van der Waals surface area contributed by atoms with Gasteiger partial charge in [-0.1, -0.05) is 68.4 Å². The van der Waals surface area contributed by atoms with Crippen LogP contribution < -0.4 is 0 Å². The molecule has 1 atom stereocenters. The van der Waals surface area contributed by atoms with Crippen LogP contribution in [0.5, 0.6) is 0 Å². The number of rotatable bonds is 6. The number of aliphatic hydroxyl groups is 1. The minimum atomic E-state index is -0.417. The SMILES string of the molecule is CCN(CC)C[C@@H](O)c1ccc(-c2ccccc2)cc1. The summed E-state index contributed by atoms with van der Waals surface area (Å²) in [6, 6.07) is 18.5. The van der Waals surface area contributed by atoms with Crippen molar-refractivity contribution in [2.45, 2.75) is 20.0 Å². The Bertz CT molecular complexity index is 503. The fourth-order valence-electron chi connectivity index (χ4n) is 2.36. The van der Waals surface area contributed by atoms with Gasteiger partial charge in [-0.15, -0.1) is 0 Å². The molecule has 2 nitrogen and oxygen atoms in total. The lowest BCUT2D eigenvalue weighted by Gasteiger charge is -2.22. The van der Waals surface area contributed by atoms with Crippen molar-refractivity contribution in [2.75, 3.05) is 19.6 Å². The zero-order chi connectivity index (χ0) is 14.4. The van der Waals surface area contributed by atoms with E-state index in [1.54, 1.807) is 0 Å². The third-order valence-corrected chi connectivity index (χ3v) is 3.73. The highest BCUT2D eigenvalue weighted by Gasteiger charge is 2.11. The minimum absolute atomic E-state index is 0.417. The van der Waals surface area contributed by atoms with Gasteiger partial charge in [-0.25, -0.2) is 0 Å². The number of benzene rings is 2. The van der Waals surface area contributed by atoms with E-state index in [9.17, 15) is 5.11 Å². The van der Waals surface area contributed by atoms with Gasteiger partial charge in [0.05, 0.1) is 6.10 Å². The molecule has 0 fully saturated rings. The van der Waals surface area contributed by atoms with E-state index in [1.807, 2.05) is 30.3 Å². The Hall–Kier alpha value is -1.64. The third kappa shape index (κ3) is 3.69. The summed E-state index contributed by atoms with van der Waals surface area (Å²) >= 11 is 0. The van der Waals surface area contributed by atoms with Crippen LogP contribution in [0.2, 0.25) is 0 Å². The van der Waals surface area contributed by atoms with Crippen LogP contribution in [-0.4, -0.2) is 29.6 Å². The second-order valence-corrected chi connectivity index (χ2v) is 4.99. The van der Waals surface area contributed by atoms with Crippen molar-refractivity contribution in [1.82, 2.24) is 4.90 Å². The van der Waals surface area contributed by atoms with E-state index in [2.05, 4.69) is 43.0 Å². The molecule has 0 spiro atoms.